The fourth-order valence-corrected chi connectivity index (χ4v) is 2.84. The van der Waals surface area contributed by atoms with Gasteiger partial charge in [-0.05, 0) is 37.4 Å². The average molecular weight is 282 g/mol. The Labute approximate surface area is 121 Å². The van der Waals surface area contributed by atoms with E-state index in [1.54, 1.807) is 0 Å². The molecule has 1 aromatic carbocycles. The number of hydrogen-bond acceptors (Lipinski definition) is 4. The molecule has 0 aliphatic rings. The van der Waals surface area contributed by atoms with Crippen molar-refractivity contribution in [3.63, 3.8) is 0 Å². The average Bonchev–Trinajstić information content (AvgIpc) is 2.45. The Morgan fingerprint density at radius 2 is 2.00 bits per heavy atom. The third-order valence-electron chi connectivity index (χ3n) is 3.33. The molecule has 19 heavy (non-hydrogen) atoms. The summed E-state index contributed by atoms with van der Waals surface area (Å²) in [6, 6.07) is 8.64. The zero-order valence-electron chi connectivity index (χ0n) is 12.3. The van der Waals surface area contributed by atoms with Gasteiger partial charge in [0.15, 0.2) is 0 Å². The van der Waals surface area contributed by atoms with Crippen molar-refractivity contribution >= 4 is 11.8 Å². The van der Waals surface area contributed by atoms with E-state index in [0.717, 1.165) is 24.5 Å². The Morgan fingerprint density at radius 3 is 2.53 bits per heavy atom. The van der Waals surface area contributed by atoms with Crippen molar-refractivity contribution in [1.29, 1.82) is 0 Å². The molecule has 0 saturated heterocycles. The molecule has 1 unspecified atom stereocenters. The van der Waals surface area contributed by atoms with Crippen molar-refractivity contribution in [1.82, 2.24) is 4.90 Å². The van der Waals surface area contributed by atoms with Crippen molar-refractivity contribution in [3.05, 3.63) is 29.8 Å². The van der Waals surface area contributed by atoms with Gasteiger partial charge in [0.05, 0.1) is 0 Å². The summed E-state index contributed by atoms with van der Waals surface area (Å²) in [4.78, 5) is 2.38. The lowest BCUT2D eigenvalue weighted by Gasteiger charge is -2.26. The summed E-state index contributed by atoms with van der Waals surface area (Å²) in [6.07, 6.45) is 3.34. The number of nitrogens with zero attached hydrogens (tertiary/aromatic N) is 1. The number of rotatable bonds is 9. The molecule has 0 aliphatic heterocycles. The van der Waals surface area contributed by atoms with Gasteiger partial charge in [-0.3, -0.25) is 4.90 Å². The molecule has 108 valence electrons. The summed E-state index contributed by atoms with van der Waals surface area (Å²) in [6.45, 7) is 4.50. The van der Waals surface area contributed by atoms with Gasteiger partial charge in [-0.1, -0.05) is 19.1 Å². The third kappa shape index (κ3) is 5.85. The molecule has 0 saturated carbocycles. The van der Waals surface area contributed by atoms with Crippen LogP contribution in [0.5, 0.6) is 5.75 Å². The first-order chi connectivity index (χ1) is 9.21. The van der Waals surface area contributed by atoms with Crippen LogP contribution in [0.4, 0.5) is 0 Å². The van der Waals surface area contributed by atoms with Gasteiger partial charge in [-0.25, -0.2) is 0 Å². The van der Waals surface area contributed by atoms with E-state index in [9.17, 15) is 0 Å². The Bertz CT molecular complexity index is 343. The van der Waals surface area contributed by atoms with Crippen LogP contribution in [-0.2, 0) is 6.54 Å². The second kappa shape index (κ2) is 9.23. The van der Waals surface area contributed by atoms with Crippen molar-refractivity contribution in [2.24, 2.45) is 5.73 Å². The molecule has 0 aromatic heterocycles. The van der Waals surface area contributed by atoms with Crippen molar-refractivity contribution in [2.75, 3.05) is 32.2 Å². The molecule has 0 radical (unpaired) electrons. The minimum Gasteiger partial charge on any atom is -0.492 e. The van der Waals surface area contributed by atoms with E-state index in [4.69, 9.17) is 10.5 Å². The monoisotopic (exact) mass is 282 g/mol. The number of thioether (sulfide) groups is 1. The molecule has 1 aromatic rings. The lowest BCUT2D eigenvalue weighted by Crippen LogP contribution is -2.36. The van der Waals surface area contributed by atoms with E-state index in [-0.39, 0.29) is 0 Å². The van der Waals surface area contributed by atoms with Crippen molar-refractivity contribution < 1.29 is 4.74 Å². The maximum absolute atomic E-state index is 5.76. The highest BCUT2D eigenvalue weighted by molar-refractivity contribution is 7.98. The second-order valence-electron chi connectivity index (χ2n) is 4.69. The molecule has 0 heterocycles. The minimum atomic E-state index is 0.579. The third-order valence-corrected chi connectivity index (χ3v) is 4.04. The minimum absolute atomic E-state index is 0.579. The van der Waals surface area contributed by atoms with Gasteiger partial charge in [0.1, 0.15) is 12.4 Å². The van der Waals surface area contributed by atoms with Gasteiger partial charge in [-0.15, -0.1) is 0 Å². The molecule has 0 fully saturated rings. The van der Waals surface area contributed by atoms with E-state index < -0.39 is 0 Å². The summed E-state index contributed by atoms with van der Waals surface area (Å²) in [5.41, 5.74) is 6.70. The summed E-state index contributed by atoms with van der Waals surface area (Å²) in [5, 5.41) is 0. The zero-order chi connectivity index (χ0) is 14.1. The molecule has 0 spiro atoms. The SMILES string of the molecule is CCC(CSC)N(C)CCOc1ccc(CN)cc1. The summed E-state index contributed by atoms with van der Waals surface area (Å²) in [5.74, 6) is 2.10. The van der Waals surface area contributed by atoms with Crippen LogP contribution < -0.4 is 10.5 Å². The lowest BCUT2D eigenvalue weighted by atomic mass is 10.2. The summed E-state index contributed by atoms with van der Waals surface area (Å²) >= 11 is 1.90. The van der Waals surface area contributed by atoms with Crippen LogP contribution in [0.2, 0.25) is 0 Å². The van der Waals surface area contributed by atoms with E-state index in [1.165, 1.54) is 12.2 Å². The number of likely N-dealkylation sites (N-methyl/N-ethyl adjacent to an activating group) is 1. The summed E-state index contributed by atoms with van der Waals surface area (Å²) in [7, 11) is 2.17. The van der Waals surface area contributed by atoms with Crippen LogP contribution in [0.3, 0.4) is 0 Å². The lowest BCUT2D eigenvalue weighted by molar-refractivity contribution is 0.199. The van der Waals surface area contributed by atoms with Crippen molar-refractivity contribution in [3.8, 4) is 5.75 Å². The number of benzene rings is 1. The first-order valence-corrected chi connectivity index (χ1v) is 8.21. The highest BCUT2D eigenvalue weighted by Crippen LogP contribution is 2.12. The molecule has 0 amide bonds. The number of nitrogens with two attached hydrogens (primary N) is 1. The second-order valence-corrected chi connectivity index (χ2v) is 5.61. The standard InChI is InChI=1S/C15H26N2OS/c1-4-14(12-19-3)17(2)9-10-18-15-7-5-13(11-16)6-8-15/h5-8,14H,4,9-12,16H2,1-3H3. The van der Waals surface area contributed by atoms with Crippen LogP contribution in [0.1, 0.15) is 18.9 Å². The maximum Gasteiger partial charge on any atom is 0.119 e. The molecule has 4 heteroatoms. The first-order valence-electron chi connectivity index (χ1n) is 6.82. The smallest absolute Gasteiger partial charge is 0.119 e. The maximum atomic E-state index is 5.76. The zero-order valence-corrected chi connectivity index (χ0v) is 13.1. The van der Waals surface area contributed by atoms with Crippen LogP contribution in [0.15, 0.2) is 24.3 Å². The Morgan fingerprint density at radius 1 is 1.32 bits per heavy atom. The Kier molecular flexibility index (Phi) is 7.94. The van der Waals surface area contributed by atoms with Gasteiger partial charge in [-0.2, -0.15) is 11.8 Å². The molecule has 3 nitrogen and oxygen atoms in total. The van der Waals surface area contributed by atoms with Crippen LogP contribution in [-0.4, -0.2) is 43.1 Å². The van der Waals surface area contributed by atoms with Gasteiger partial charge in [0, 0.05) is 24.9 Å². The molecular formula is C15H26N2OS. The Balaban J connectivity index is 2.32. The molecule has 2 N–H and O–H groups in total. The fraction of sp³-hybridized carbons (Fsp3) is 0.600. The van der Waals surface area contributed by atoms with Crippen molar-refractivity contribution in [2.45, 2.75) is 25.9 Å². The van der Waals surface area contributed by atoms with Gasteiger partial charge >= 0.3 is 0 Å². The number of ether oxygens (including phenoxy) is 1. The predicted octanol–water partition coefficient (Wildman–Crippen LogP) is 2.60. The van der Waals surface area contributed by atoms with Crippen LogP contribution in [0, 0.1) is 0 Å². The largest absolute Gasteiger partial charge is 0.492 e. The van der Waals surface area contributed by atoms with E-state index in [2.05, 4.69) is 25.1 Å². The fourth-order valence-electron chi connectivity index (χ4n) is 1.96. The van der Waals surface area contributed by atoms with Crippen LogP contribution in [0.25, 0.3) is 0 Å². The van der Waals surface area contributed by atoms with E-state index in [0.29, 0.717) is 12.6 Å². The van der Waals surface area contributed by atoms with E-state index in [1.807, 2.05) is 36.0 Å². The number of hydrogen-bond donors (Lipinski definition) is 1. The summed E-state index contributed by atoms with van der Waals surface area (Å²) < 4.78 is 5.76. The molecule has 0 bridgehead atoms. The van der Waals surface area contributed by atoms with Gasteiger partial charge in [0.2, 0.25) is 0 Å². The van der Waals surface area contributed by atoms with Gasteiger partial charge in [0.25, 0.3) is 0 Å². The Hall–Kier alpha value is -0.710. The van der Waals surface area contributed by atoms with Crippen LogP contribution >= 0.6 is 11.8 Å². The van der Waals surface area contributed by atoms with Gasteiger partial charge < -0.3 is 10.5 Å². The highest BCUT2D eigenvalue weighted by Gasteiger charge is 2.11. The quantitative estimate of drug-likeness (QED) is 0.755. The predicted molar refractivity (Wildman–Crippen MR) is 84.9 cm³/mol. The highest BCUT2D eigenvalue weighted by atomic mass is 32.2. The molecule has 0 aliphatic carbocycles. The topological polar surface area (TPSA) is 38.5 Å². The molecule has 1 atom stereocenters. The molecule has 1 rings (SSSR count). The first kappa shape index (κ1) is 16.3. The normalized spacial score (nSPS) is 12.7. The van der Waals surface area contributed by atoms with E-state index >= 15 is 0 Å². The molecular weight excluding hydrogens is 256 g/mol.